The summed E-state index contributed by atoms with van der Waals surface area (Å²) in [6, 6.07) is -0.176. The third kappa shape index (κ3) is 2.29. The largest absolute Gasteiger partial charge is 0.332 e. The first-order chi connectivity index (χ1) is 6.57. The van der Waals surface area contributed by atoms with Crippen molar-refractivity contribution in [2.24, 2.45) is 5.92 Å². The second-order valence-electron chi connectivity index (χ2n) is 3.88. The lowest BCUT2D eigenvalue weighted by atomic mass is 10.1. The molecule has 1 aliphatic heterocycles. The fourth-order valence-electron chi connectivity index (χ4n) is 1.81. The lowest BCUT2D eigenvalue weighted by molar-refractivity contribution is -0.139. The van der Waals surface area contributed by atoms with Gasteiger partial charge in [-0.3, -0.25) is 9.59 Å². The molecule has 0 unspecified atom stereocenters. The van der Waals surface area contributed by atoms with E-state index in [4.69, 9.17) is 0 Å². The summed E-state index contributed by atoms with van der Waals surface area (Å²) in [5, 5.41) is 0. The molecule has 0 saturated carbocycles. The Bertz CT molecular complexity index is 242. The van der Waals surface area contributed by atoms with E-state index in [0.717, 1.165) is 19.4 Å². The van der Waals surface area contributed by atoms with E-state index in [2.05, 4.69) is 12.6 Å². The van der Waals surface area contributed by atoms with E-state index in [-0.39, 0.29) is 23.7 Å². The number of hydrogen-bond acceptors (Lipinski definition) is 3. The number of hydrogen-bond donors (Lipinski definition) is 1. The Hall–Kier alpha value is -0.510. The monoisotopic (exact) mass is 215 g/mol. The molecular weight excluding hydrogens is 198 g/mol. The summed E-state index contributed by atoms with van der Waals surface area (Å²) in [4.78, 5) is 24.8. The van der Waals surface area contributed by atoms with Crippen molar-refractivity contribution < 1.29 is 9.59 Å². The molecule has 1 saturated heterocycles. The molecule has 1 aliphatic rings. The van der Waals surface area contributed by atoms with Crippen molar-refractivity contribution in [1.29, 1.82) is 0 Å². The molecule has 1 amide bonds. The topological polar surface area (TPSA) is 37.4 Å². The molecule has 0 aromatic rings. The number of carbonyl (C=O) groups is 2. The lowest BCUT2D eigenvalue weighted by Gasteiger charge is -2.25. The number of rotatable bonds is 3. The molecule has 0 aromatic heterocycles. The molecule has 0 spiro atoms. The first-order valence-electron chi connectivity index (χ1n) is 4.99. The van der Waals surface area contributed by atoms with Gasteiger partial charge >= 0.3 is 0 Å². The van der Waals surface area contributed by atoms with E-state index < -0.39 is 0 Å². The van der Waals surface area contributed by atoms with Gasteiger partial charge in [-0.25, -0.2) is 0 Å². The predicted molar refractivity (Wildman–Crippen MR) is 58.4 cm³/mol. The Morgan fingerprint density at radius 1 is 1.57 bits per heavy atom. The third-order valence-electron chi connectivity index (χ3n) is 2.70. The highest BCUT2D eigenvalue weighted by molar-refractivity contribution is 7.80. The molecular formula is C10H17NO2S. The second kappa shape index (κ2) is 4.82. The van der Waals surface area contributed by atoms with Gasteiger partial charge in [0.05, 0.1) is 6.04 Å². The van der Waals surface area contributed by atoms with Gasteiger partial charge in [0, 0.05) is 18.2 Å². The minimum Gasteiger partial charge on any atom is -0.332 e. The van der Waals surface area contributed by atoms with Crippen molar-refractivity contribution in [1.82, 2.24) is 4.90 Å². The van der Waals surface area contributed by atoms with Crippen LogP contribution in [0.25, 0.3) is 0 Å². The molecule has 2 atom stereocenters. The molecule has 1 rings (SSSR count). The third-order valence-corrected chi connectivity index (χ3v) is 3.25. The van der Waals surface area contributed by atoms with Crippen LogP contribution in [0.2, 0.25) is 0 Å². The van der Waals surface area contributed by atoms with E-state index in [0.29, 0.717) is 5.75 Å². The van der Waals surface area contributed by atoms with Crippen molar-refractivity contribution in [3.63, 3.8) is 0 Å². The number of nitrogens with zero attached hydrogens (tertiary/aromatic N) is 1. The smallest absolute Gasteiger partial charge is 0.226 e. The summed E-state index contributed by atoms with van der Waals surface area (Å²) in [7, 11) is 0. The number of amides is 1. The van der Waals surface area contributed by atoms with Crippen LogP contribution in [0.5, 0.6) is 0 Å². The number of carbonyl (C=O) groups excluding carboxylic acids is 2. The van der Waals surface area contributed by atoms with Crippen LogP contribution in [0.4, 0.5) is 0 Å². The van der Waals surface area contributed by atoms with Gasteiger partial charge in [-0.1, -0.05) is 6.92 Å². The molecule has 0 aromatic carbocycles. The Balaban J connectivity index is 2.67. The molecule has 14 heavy (non-hydrogen) atoms. The predicted octanol–water partition coefficient (Wildman–Crippen LogP) is 1.13. The van der Waals surface area contributed by atoms with Crippen LogP contribution in [-0.2, 0) is 9.59 Å². The highest BCUT2D eigenvalue weighted by Gasteiger charge is 2.33. The summed E-state index contributed by atoms with van der Waals surface area (Å²) in [5.41, 5.74) is 0. The van der Waals surface area contributed by atoms with Crippen LogP contribution in [0.1, 0.15) is 26.7 Å². The standard InChI is InChI=1S/C10H17NO2S/c1-7(6-14)10(13)11-5-3-4-9(11)8(2)12/h7,9,14H,3-6H2,1-2H3/t7-,9+/m1/s1. The number of likely N-dealkylation sites (tertiary alicyclic amines) is 1. The van der Waals surface area contributed by atoms with E-state index in [9.17, 15) is 9.59 Å². The van der Waals surface area contributed by atoms with Crippen molar-refractivity contribution >= 4 is 24.3 Å². The summed E-state index contributed by atoms with van der Waals surface area (Å²) in [6.45, 7) is 4.13. The Morgan fingerprint density at radius 2 is 2.21 bits per heavy atom. The molecule has 1 fully saturated rings. The maximum atomic E-state index is 11.8. The lowest BCUT2D eigenvalue weighted by Crippen LogP contribution is -2.42. The first-order valence-corrected chi connectivity index (χ1v) is 5.63. The molecule has 0 N–H and O–H groups in total. The molecule has 1 heterocycles. The van der Waals surface area contributed by atoms with Crippen molar-refractivity contribution in [3.05, 3.63) is 0 Å². The zero-order valence-electron chi connectivity index (χ0n) is 8.69. The normalized spacial score (nSPS) is 23.6. The minimum absolute atomic E-state index is 0.0673. The van der Waals surface area contributed by atoms with E-state index in [1.165, 1.54) is 0 Å². The van der Waals surface area contributed by atoms with Gasteiger partial charge in [0.2, 0.25) is 5.91 Å². The van der Waals surface area contributed by atoms with Crippen molar-refractivity contribution in [2.75, 3.05) is 12.3 Å². The molecule has 4 heteroatoms. The quantitative estimate of drug-likeness (QED) is 0.717. The van der Waals surface area contributed by atoms with Crippen molar-refractivity contribution in [2.45, 2.75) is 32.7 Å². The SMILES string of the molecule is CC(=O)[C@@H]1CCCN1C(=O)[C@H](C)CS. The average molecular weight is 215 g/mol. The van der Waals surface area contributed by atoms with Gasteiger partial charge in [-0.15, -0.1) is 0 Å². The zero-order chi connectivity index (χ0) is 10.7. The average Bonchev–Trinajstić information content (AvgIpc) is 2.63. The van der Waals surface area contributed by atoms with Gasteiger partial charge in [0.25, 0.3) is 0 Å². The van der Waals surface area contributed by atoms with E-state index >= 15 is 0 Å². The van der Waals surface area contributed by atoms with Gasteiger partial charge < -0.3 is 4.90 Å². The van der Waals surface area contributed by atoms with Crippen molar-refractivity contribution in [3.8, 4) is 0 Å². The van der Waals surface area contributed by atoms with Gasteiger partial charge in [0.1, 0.15) is 0 Å². The summed E-state index contributed by atoms with van der Waals surface area (Å²) in [6.07, 6.45) is 1.76. The fraction of sp³-hybridized carbons (Fsp3) is 0.800. The number of Topliss-reactive ketones (excluding diaryl/α,β-unsaturated/α-hetero) is 1. The van der Waals surface area contributed by atoms with Gasteiger partial charge in [-0.2, -0.15) is 12.6 Å². The van der Waals surface area contributed by atoms with E-state index in [1.807, 2.05) is 6.92 Å². The molecule has 0 aliphatic carbocycles. The highest BCUT2D eigenvalue weighted by atomic mass is 32.1. The summed E-state index contributed by atoms with van der Waals surface area (Å²) in [5.74, 6) is 0.623. The van der Waals surface area contributed by atoms with Crippen LogP contribution in [0.15, 0.2) is 0 Å². The van der Waals surface area contributed by atoms with Crippen LogP contribution in [0.3, 0.4) is 0 Å². The zero-order valence-corrected chi connectivity index (χ0v) is 9.59. The molecule has 0 bridgehead atoms. The summed E-state index contributed by atoms with van der Waals surface area (Å²) < 4.78 is 0. The van der Waals surface area contributed by atoms with Crippen LogP contribution < -0.4 is 0 Å². The second-order valence-corrected chi connectivity index (χ2v) is 4.25. The highest BCUT2D eigenvalue weighted by Crippen LogP contribution is 2.20. The maximum Gasteiger partial charge on any atom is 0.226 e. The van der Waals surface area contributed by atoms with Crippen LogP contribution in [0, 0.1) is 5.92 Å². The van der Waals surface area contributed by atoms with E-state index in [1.54, 1.807) is 11.8 Å². The Kier molecular flexibility index (Phi) is 3.98. The maximum absolute atomic E-state index is 11.8. The Morgan fingerprint density at radius 3 is 2.71 bits per heavy atom. The van der Waals surface area contributed by atoms with Gasteiger partial charge in [-0.05, 0) is 19.8 Å². The van der Waals surface area contributed by atoms with Crippen LogP contribution in [-0.4, -0.2) is 34.9 Å². The van der Waals surface area contributed by atoms with Gasteiger partial charge in [0.15, 0.2) is 5.78 Å². The van der Waals surface area contributed by atoms with Crippen LogP contribution >= 0.6 is 12.6 Å². The molecule has 0 radical (unpaired) electrons. The first kappa shape index (κ1) is 11.6. The summed E-state index contributed by atoms with van der Waals surface area (Å²) >= 11 is 4.10. The molecule has 80 valence electrons. The Labute approximate surface area is 90.3 Å². The minimum atomic E-state index is -0.176. The molecule has 3 nitrogen and oxygen atoms in total. The number of ketones is 1. The number of thiol groups is 1. The fourth-order valence-corrected chi connectivity index (χ4v) is 1.97.